The van der Waals surface area contributed by atoms with Gasteiger partial charge in [-0.05, 0) is 49.9 Å². The summed E-state index contributed by atoms with van der Waals surface area (Å²) in [5.74, 6) is -0.181. The van der Waals surface area contributed by atoms with E-state index >= 15 is 0 Å². The molecule has 1 saturated heterocycles. The molecule has 2 aromatic rings. The molecule has 0 radical (unpaired) electrons. The molecular formula is C23H30N3O3+. The predicted molar refractivity (Wildman–Crippen MR) is 113 cm³/mol. The molecule has 3 rings (SSSR count). The molecule has 29 heavy (non-hydrogen) atoms. The van der Waals surface area contributed by atoms with Gasteiger partial charge in [0.2, 0.25) is 0 Å². The number of hydrogen-bond donors (Lipinski definition) is 3. The number of quaternary nitrogens is 1. The maximum absolute atomic E-state index is 12.5. The van der Waals surface area contributed by atoms with Crippen LogP contribution in [0.3, 0.4) is 0 Å². The Morgan fingerprint density at radius 2 is 1.72 bits per heavy atom. The molecule has 0 atom stereocenters. The zero-order chi connectivity index (χ0) is 20.5. The highest BCUT2D eigenvalue weighted by Crippen LogP contribution is 2.12. The number of hydrogen-bond acceptors (Lipinski definition) is 3. The summed E-state index contributed by atoms with van der Waals surface area (Å²) in [5, 5.41) is 5.54. The molecule has 0 spiro atoms. The third-order valence-corrected chi connectivity index (χ3v) is 5.14. The van der Waals surface area contributed by atoms with Crippen LogP contribution in [-0.2, 0) is 17.8 Å². The summed E-state index contributed by atoms with van der Waals surface area (Å²) in [5.41, 5.74) is 3.43. The first-order chi connectivity index (χ1) is 14.1. The zero-order valence-corrected chi connectivity index (χ0v) is 17.0. The molecule has 1 heterocycles. The topological polar surface area (TPSA) is 71.9 Å². The molecule has 6 heteroatoms. The summed E-state index contributed by atoms with van der Waals surface area (Å²) in [7, 11) is 0. The minimum Gasteiger partial charge on any atom is -0.450 e. The van der Waals surface area contributed by atoms with Crippen molar-refractivity contribution in [1.82, 2.24) is 5.32 Å². The Morgan fingerprint density at radius 3 is 2.45 bits per heavy atom. The summed E-state index contributed by atoms with van der Waals surface area (Å²) in [6, 6.07) is 15.3. The van der Waals surface area contributed by atoms with Crippen molar-refractivity contribution in [2.24, 2.45) is 0 Å². The van der Waals surface area contributed by atoms with Gasteiger partial charge in [-0.1, -0.05) is 30.3 Å². The summed E-state index contributed by atoms with van der Waals surface area (Å²) in [6.45, 7) is 6.11. The molecule has 0 aromatic heterocycles. The third-order valence-electron chi connectivity index (χ3n) is 5.14. The lowest BCUT2D eigenvalue weighted by Gasteiger charge is -2.23. The van der Waals surface area contributed by atoms with Crippen molar-refractivity contribution in [2.75, 3.05) is 25.0 Å². The van der Waals surface area contributed by atoms with Crippen molar-refractivity contribution in [2.45, 2.75) is 39.3 Å². The number of piperidine rings is 1. The van der Waals surface area contributed by atoms with E-state index in [4.69, 9.17) is 4.74 Å². The average Bonchev–Trinajstić information content (AvgIpc) is 2.74. The Balaban J connectivity index is 1.50. The molecule has 1 aliphatic heterocycles. The van der Waals surface area contributed by atoms with E-state index in [1.807, 2.05) is 0 Å². The SMILES string of the molecule is CCOC(=O)Nc1cccc(C(=O)NCc2ccc(C[NH+]3CCCCC3)cc2)c1. The molecule has 0 unspecified atom stereocenters. The van der Waals surface area contributed by atoms with Gasteiger partial charge < -0.3 is 15.0 Å². The van der Waals surface area contributed by atoms with Gasteiger partial charge in [-0.25, -0.2) is 4.79 Å². The van der Waals surface area contributed by atoms with Gasteiger partial charge in [0, 0.05) is 23.4 Å². The van der Waals surface area contributed by atoms with Crippen LogP contribution in [0.5, 0.6) is 0 Å². The first-order valence-electron chi connectivity index (χ1n) is 10.4. The maximum Gasteiger partial charge on any atom is 0.411 e. The molecule has 0 aliphatic carbocycles. The van der Waals surface area contributed by atoms with Gasteiger partial charge in [0.25, 0.3) is 5.91 Å². The fraction of sp³-hybridized carbons (Fsp3) is 0.391. The number of nitrogens with one attached hydrogen (secondary N) is 3. The van der Waals surface area contributed by atoms with Crippen molar-refractivity contribution in [3.8, 4) is 0 Å². The lowest BCUT2D eigenvalue weighted by atomic mass is 10.1. The Morgan fingerprint density at radius 1 is 1.00 bits per heavy atom. The van der Waals surface area contributed by atoms with Crippen LogP contribution in [0.25, 0.3) is 0 Å². The van der Waals surface area contributed by atoms with E-state index in [0.29, 0.717) is 24.4 Å². The number of carbonyl (C=O) groups excluding carboxylic acids is 2. The normalized spacial score (nSPS) is 14.2. The van der Waals surface area contributed by atoms with E-state index in [-0.39, 0.29) is 5.91 Å². The van der Waals surface area contributed by atoms with Crippen LogP contribution in [0.15, 0.2) is 48.5 Å². The first-order valence-corrected chi connectivity index (χ1v) is 10.4. The summed E-state index contributed by atoms with van der Waals surface area (Å²) >= 11 is 0. The second-order valence-electron chi connectivity index (χ2n) is 7.41. The fourth-order valence-corrected chi connectivity index (χ4v) is 3.60. The van der Waals surface area contributed by atoms with Crippen molar-refractivity contribution in [3.63, 3.8) is 0 Å². The van der Waals surface area contributed by atoms with Crippen LogP contribution < -0.4 is 15.5 Å². The number of rotatable bonds is 7. The average molecular weight is 397 g/mol. The molecule has 2 amide bonds. The van der Waals surface area contributed by atoms with E-state index in [0.717, 1.165) is 12.1 Å². The van der Waals surface area contributed by atoms with Crippen LogP contribution in [0, 0.1) is 0 Å². The standard InChI is InChI=1S/C23H29N3O3/c1-2-29-23(28)25-21-8-6-7-20(15-21)22(27)24-16-18-9-11-19(12-10-18)17-26-13-4-3-5-14-26/h6-12,15H,2-5,13-14,16-17H2,1H3,(H,24,27)(H,25,28)/p+1. The molecule has 2 aromatic carbocycles. The molecule has 1 aliphatic rings. The molecule has 3 N–H and O–H groups in total. The number of ether oxygens (including phenoxy) is 1. The summed E-state index contributed by atoms with van der Waals surface area (Å²) < 4.78 is 4.86. The highest BCUT2D eigenvalue weighted by molar-refractivity contribution is 5.96. The Kier molecular flexibility index (Phi) is 7.64. The fourth-order valence-electron chi connectivity index (χ4n) is 3.60. The lowest BCUT2D eigenvalue weighted by molar-refractivity contribution is -0.918. The summed E-state index contributed by atoms with van der Waals surface area (Å²) in [4.78, 5) is 25.6. The zero-order valence-electron chi connectivity index (χ0n) is 17.0. The molecule has 1 fully saturated rings. The monoisotopic (exact) mass is 396 g/mol. The van der Waals surface area contributed by atoms with Crippen LogP contribution in [0.1, 0.15) is 47.7 Å². The van der Waals surface area contributed by atoms with Gasteiger partial charge in [-0.3, -0.25) is 10.1 Å². The van der Waals surface area contributed by atoms with Gasteiger partial charge in [0.05, 0.1) is 19.7 Å². The number of benzene rings is 2. The van der Waals surface area contributed by atoms with Crippen LogP contribution in [-0.4, -0.2) is 31.7 Å². The van der Waals surface area contributed by atoms with E-state index in [1.54, 1.807) is 36.1 Å². The van der Waals surface area contributed by atoms with Crippen molar-refractivity contribution >= 4 is 17.7 Å². The van der Waals surface area contributed by atoms with Gasteiger partial charge in [0.15, 0.2) is 0 Å². The van der Waals surface area contributed by atoms with Gasteiger partial charge in [-0.15, -0.1) is 0 Å². The van der Waals surface area contributed by atoms with E-state index in [1.165, 1.54) is 37.9 Å². The number of amides is 2. The minimum absolute atomic E-state index is 0.181. The predicted octanol–water partition coefficient (Wildman–Crippen LogP) is 2.75. The Bertz CT molecular complexity index is 814. The van der Waals surface area contributed by atoms with E-state index < -0.39 is 6.09 Å². The lowest BCUT2D eigenvalue weighted by Crippen LogP contribution is -3.11. The third kappa shape index (κ3) is 6.61. The van der Waals surface area contributed by atoms with Gasteiger partial charge in [0.1, 0.15) is 6.54 Å². The number of likely N-dealkylation sites (tertiary alicyclic amines) is 1. The summed E-state index contributed by atoms with van der Waals surface area (Å²) in [6.07, 6.45) is 3.49. The van der Waals surface area contributed by atoms with Crippen molar-refractivity contribution < 1.29 is 19.2 Å². The minimum atomic E-state index is -0.531. The second kappa shape index (κ2) is 10.6. The second-order valence-corrected chi connectivity index (χ2v) is 7.41. The molecule has 0 bridgehead atoms. The van der Waals surface area contributed by atoms with E-state index in [2.05, 4.69) is 34.9 Å². The first kappa shape index (κ1) is 20.9. The Labute approximate surface area is 172 Å². The van der Waals surface area contributed by atoms with Gasteiger partial charge in [-0.2, -0.15) is 0 Å². The largest absolute Gasteiger partial charge is 0.450 e. The quantitative estimate of drug-likeness (QED) is 0.674. The number of carbonyl (C=O) groups is 2. The van der Waals surface area contributed by atoms with E-state index in [9.17, 15) is 9.59 Å². The highest BCUT2D eigenvalue weighted by Gasteiger charge is 2.14. The van der Waals surface area contributed by atoms with Crippen LogP contribution in [0.2, 0.25) is 0 Å². The van der Waals surface area contributed by atoms with Crippen molar-refractivity contribution in [1.29, 1.82) is 0 Å². The highest BCUT2D eigenvalue weighted by atomic mass is 16.5. The van der Waals surface area contributed by atoms with Crippen LogP contribution in [0.4, 0.5) is 10.5 Å². The molecule has 0 saturated carbocycles. The molecular weight excluding hydrogens is 366 g/mol. The number of anilines is 1. The van der Waals surface area contributed by atoms with Crippen LogP contribution >= 0.6 is 0 Å². The maximum atomic E-state index is 12.5. The van der Waals surface area contributed by atoms with Crippen molar-refractivity contribution in [3.05, 3.63) is 65.2 Å². The Hall–Kier alpha value is -2.86. The molecule has 154 valence electrons. The molecule has 6 nitrogen and oxygen atoms in total. The smallest absolute Gasteiger partial charge is 0.411 e. The van der Waals surface area contributed by atoms with Gasteiger partial charge >= 0.3 is 6.09 Å².